The number of fused-ring (bicyclic) bond motifs is 2. The standard InChI is InChI=1S/C22H16ClN5O4S/c1-30-18-7-4-14(10-15(18)23)28-26-16-5-3-13(9-17(16)27-28)24-22(33)25-21(29)12-2-6-19-20(8-12)32-11-31-19/h2-10H,11H2,1H3,(H2,24,25,29,33). The molecule has 1 amide bonds. The second-order valence-electron chi connectivity index (χ2n) is 6.99. The Bertz CT molecular complexity index is 1410. The number of ether oxygens (including phenoxy) is 3. The Morgan fingerprint density at radius 1 is 1.06 bits per heavy atom. The van der Waals surface area contributed by atoms with E-state index in [-0.39, 0.29) is 17.8 Å². The van der Waals surface area contributed by atoms with Gasteiger partial charge in [-0.25, -0.2) is 0 Å². The predicted octanol–water partition coefficient (Wildman–Crippen LogP) is 3.94. The molecule has 9 nitrogen and oxygen atoms in total. The summed E-state index contributed by atoms with van der Waals surface area (Å²) in [6.45, 7) is 0.138. The van der Waals surface area contributed by atoms with E-state index in [9.17, 15) is 4.79 Å². The van der Waals surface area contributed by atoms with Crippen LogP contribution in [-0.4, -0.2) is 39.9 Å². The third kappa shape index (κ3) is 4.26. The van der Waals surface area contributed by atoms with Crippen molar-refractivity contribution >= 4 is 51.6 Å². The van der Waals surface area contributed by atoms with Crippen molar-refractivity contribution in [3.8, 4) is 22.9 Å². The number of rotatable bonds is 4. The molecule has 0 spiro atoms. The van der Waals surface area contributed by atoms with Crippen LogP contribution >= 0.6 is 23.8 Å². The highest BCUT2D eigenvalue weighted by Crippen LogP contribution is 2.32. The number of amides is 1. The quantitative estimate of drug-likeness (QED) is 0.423. The molecule has 1 aliphatic rings. The Morgan fingerprint density at radius 2 is 1.88 bits per heavy atom. The Morgan fingerprint density at radius 3 is 2.70 bits per heavy atom. The molecule has 1 aliphatic heterocycles. The molecule has 11 heteroatoms. The minimum atomic E-state index is -0.366. The van der Waals surface area contributed by atoms with Gasteiger partial charge in [-0.05, 0) is 66.8 Å². The minimum absolute atomic E-state index is 0.138. The normalized spacial score (nSPS) is 11.9. The highest BCUT2D eigenvalue weighted by Gasteiger charge is 2.17. The number of carbonyl (C=O) groups excluding carboxylic acids is 1. The first-order chi connectivity index (χ1) is 16.0. The van der Waals surface area contributed by atoms with Gasteiger partial charge in [0.25, 0.3) is 5.91 Å². The van der Waals surface area contributed by atoms with E-state index < -0.39 is 0 Å². The Balaban J connectivity index is 1.29. The molecule has 2 heterocycles. The Kier molecular flexibility index (Phi) is 5.45. The molecule has 0 atom stereocenters. The molecule has 33 heavy (non-hydrogen) atoms. The van der Waals surface area contributed by atoms with Gasteiger partial charge in [0.05, 0.1) is 17.8 Å². The molecule has 166 valence electrons. The summed E-state index contributed by atoms with van der Waals surface area (Å²) in [6.07, 6.45) is 0. The van der Waals surface area contributed by atoms with Crippen molar-refractivity contribution in [2.75, 3.05) is 19.2 Å². The molecule has 0 aliphatic carbocycles. The molecule has 2 N–H and O–H groups in total. The topological polar surface area (TPSA) is 99.5 Å². The third-order valence-corrected chi connectivity index (χ3v) is 5.37. The van der Waals surface area contributed by atoms with Crippen LogP contribution in [0.3, 0.4) is 0 Å². The lowest BCUT2D eigenvalue weighted by Crippen LogP contribution is -2.34. The van der Waals surface area contributed by atoms with E-state index in [4.69, 9.17) is 38.0 Å². The van der Waals surface area contributed by atoms with Gasteiger partial charge in [-0.1, -0.05) is 11.6 Å². The Labute approximate surface area is 198 Å². The molecule has 0 unspecified atom stereocenters. The zero-order chi connectivity index (χ0) is 22.9. The summed E-state index contributed by atoms with van der Waals surface area (Å²) < 4.78 is 15.7. The zero-order valence-electron chi connectivity index (χ0n) is 17.2. The number of nitrogens with one attached hydrogen (secondary N) is 2. The molecular weight excluding hydrogens is 466 g/mol. The van der Waals surface area contributed by atoms with Crippen LogP contribution in [0.5, 0.6) is 17.2 Å². The molecule has 4 aromatic rings. The molecule has 3 aromatic carbocycles. The lowest BCUT2D eigenvalue weighted by atomic mass is 10.2. The fourth-order valence-corrected chi connectivity index (χ4v) is 3.73. The molecule has 0 saturated heterocycles. The van der Waals surface area contributed by atoms with Crippen molar-refractivity contribution < 1.29 is 19.0 Å². The average Bonchev–Trinajstić information content (AvgIpc) is 3.45. The van der Waals surface area contributed by atoms with E-state index in [2.05, 4.69) is 20.8 Å². The lowest BCUT2D eigenvalue weighted by Gasteiger charge is -2.09. The number of benzene rings is 3. The van der Waals surface area contributed by atoms with Crippen molar-refractivity contribution in [1.82, 2.24) is 20.3 Å². The first kappa shape index (κ1) is 21.0. The number of aromatic nitrogens is 3. The number of methoxy groups -OCH3 is 1. The van der Waals surface area contributed by atoms with Crippen LogP contribution in [0.15, 0.2) is 54.6 Å². The van der Waals surface area contributed by atoms with Gasteiger partial charge in [0.15, 0.2) is 16.6 Å². The molecule has 0 radical (unpaired) electrons. The van der Waals surface area contributed by atoms with Gasteiger partial charge in [0.2, 0.25) is 6.79 Å². The van der Waals surface area contributed by atoms with E-state index in [1.165, 1.54) is 4.80 Å². The van der Waals surface area contributed by atoms with Crippen LogP contribution in [0.4, 0.5) is 5.69 Å². The molecule has 1 aromatic heterocycles. The van der Waals surface area contributed by atoms with Crippen LogP contribution in [0.25, 0.3) is 16.7 Å². The van der Waals surface area contributed by atoms with Crippen LogP contribution < -0.4 is 24.8 Å². The number of halogens is 1. The fourth-order valence-electron chi connectivity index (χ4n) is 3.26. The van der Waals surface area contributed by atoms with Gasteiger partial charge in [-0.2, -0.15) is 4.80 Å². The van der Waals surface area contributed by atoms with E-state index in [0.29, 0.717) is 50.2 Å². The fraction of sp³-hybridized carbons (Fsp3) is 0.0909. The van der Waals surface area contributed by atoms with Gasteiger partial charge in [-0.15, -0.1) is 10.2 Å². The van der Waals surface area contributed by atoms with Gasteiger partial charge < -0.3 is 19.5 Å². The summed E-state index contributed by atoms with van der Waals surface area (Å²) in [4.78, 5) is 14.0. The predicted molar refractivity (Wildman–Crippen MR) is 127 cm³/mol. The SMILES string of the molecule is COc1ccc(-n2nc3ccc(NC(=S)NC(=O)c4ccc5c(c4)OCO5)cc3n2)cc1Cl. The van der Waals surface area contributed by atoms with Gasteiger partial charge in [0, 0.05) is 11.3 Å². The Hall–Kier alpha value is -3.89. The number of thiocarbonyl (C=S) groups is 1. The van der Waals surface area contributed by atoms with Gasteiger partial charge >= 0.3 is 0 Å². The lowest BCUT2D eigenvalue weighted by molar-refractivity contribution is 0.0977. The van der Waals surface area contributed by atoms with E-state index in [0.717, 1.165) is 0 Å². The first-order valence-corrected chi connectivity index (χ1v) is 10.5. The minimum Gasteiger partial charge on any atom is -0.495 e. The number of anilines is 1. The highest BCUT2D eigenvalue weighted by atomic mass is 35.5. The summed E-state index contributed by atoms with van der Waals surface area (Å²) in [5.41, 5.74) is 3.07. The number of carbonyl (C=O) groups is 1. The number of hydrogen-bond acceptors (Lipinski definition) is 7. The van der Waals surface area contributed by atoms with Crippen molar-refractivity contribution in [2.45, 2.75) is 0 Å². The summed E-state index contributed by atoms with van der Waals surface area (Å²) >= 11 is 11.5. The molecule has 5 rings (SSSR count). The largest absolute Gasteiger partial charge is 0.495 e. The van der Waals surface area contributed by atoms with Crippen molar-refractivity contribution in [3.63, 3.8) is 0 Å². The van der Waals surface area contributed by atoms with Crippen LogP contribution in [0.2, 0.25) is 5.02 Å². The summed E-state index contributed by atoms with van der Waals surface area (Å²) in [6, 6.07) is 15.6. The van der Waals surface area contributed by atoms with Crippen molar-refractivity contribution in [2.24, 2.45) is 0 Å². The summed E-state index contributed by atoms with van der Waals surface area (Å²) in [7, 11) is 1.55. The van der Waals surface area contributed by atoms with Crippen LogP contribution in [-0.2, 0) is 0 Å². The maximum absolute atomic E-state index is 12.5. The molecule has 0 fully saturated rings. The zero-order valence-corrected chi connectivity index (χ0v) is 18.7. The monoisotopic (exact) mass is 481 g/mol. The smallest absolute Gasteiger partial charge is 0.257 e. The third-order valence-electron chi connectivity index (χ3n) is 4.87. The summed E-state index contributed by atoms with van der Waals surface area (Å²) in [5.74, 6) is 1.33. The number of nitrogens with zero attached hydrogens (tertiary/aromatic N) is 3. The summed E-state index contributed by atoms with van der Waals surface area (Å²) in [5, 5.41) is 15.2. The second-order valence-corrected chi connectivity index (χ2v) is 7.80. The van der Waals surface area contributed by atoms with Gasteiger partial charge in [-0.3, -0.25) is 10.1 Å². The van der Waals surface area contributed by atoms with E-state index >= 15 is 0 Å². The molecular formula is C22H16ClN5O4S. The van der Waals surface area contributed by atoms with Crippen molar-refractivity contribution in [1.29, 1.82) is 0 Å². The molecule has 0 saturated carbocycles. The maximum atomic E-state index is 12.5. The van der Waals surface area contributed by atoms with E-state index in [1.54, 1.807) is 55.6 Å². The van der Waals surface area contributed by atoms with Crippen LogP contribution in [0, 0.1) is 0 Å². The second kappa shape index (κ2) is 8.57. The van der Waals surface area contributed by atoms with Crippen molar-refractivity contribution in [3.05, 3.63) is 65.2 Å². The maximum Gasteiger partial charge on any atom is 0.257 e. The number of hydrogen-bond donors (Lipinski definition) is 2. The highest BCUT2D eigenvalue weighted by molar-refractivity contribution is 7.80. The first-order valence-electron chi connectivity index (χ1n) is 9.73. The molecule has 0 bridgehead atoms. The van der Waals surface area contributed by atoms with Gasteiger partial charge in [0.1, 0.15) is 16.8 Å². The van der Waals surface area contributed by atoms with E-state index in [1.807, 2.05) is 6.07 Å². The average molecular weight is 482 g/mol. The van der Waals surface area contributed by atoms with Crippen LogP contribution in [0.1, 0.15) is 10.4 Å².